The van der Waals surface area contributed by atoms with Gasteiger partial charge in [-0.25, -0.2) is 4.39 Å². The van der Waals surface area contributed by atoms with Gasteiger partial charge in [-0.2, -0.15) is 0 Å². The molecule has 1 rings (SSSR count). The predicted molar refractivity (Wildman–Crippen MR) is 42.2 cm³/mol. The van der Waals surface area contributed by atoms with Crippen molar-refractivity contribution in [1.82, 2.24) is 0 Å². The average molecular weight is 173 g/mol. The van der Waals surface area contributed by atoms with Crippen LogP contribution in [-0.2, 0) is 4.79 Å². The fourth-order valence-corrected chi connectivity index (χ4v) is 1.57. The largest absolute Gasteiger partial charge is 0.481 e. The molecule has 0 radical (unpaired) electrons. The first-order valence-electron chi connectivity index (χ1n) is 3.97. The van der Waals surface area contributed by atoms with Crippen molar-refractivity contribution in [3.63, 3.8) is 0 Å². The van der Waals surface area contributed by atoms with E-state index in [4.69, 9.17) is 10.8 Å². The Morgan fingerprint density at radius 1 is 1.75 bits per heavy atom. The minimum Gasteiger partial charge on any atom is -0.481 e. The second-order valence-corrected chi connectivity index (χ2v) is 2.92. The zero-order valence-electron chi connectivity index (χ0n) is 6.72. The normalized spacial score (nSPS) is 27.3. The third-order valence-electron chi connectivity index (χ3n) is 2.19. The molecule has 12 heavy (non-hydrogen) atoms. The summed E-state index contributed by atoms with van der Waals surface area (Å²) in [5, 5.41) is 8.69. The Morgan fingerprint density at radius 2 is 2.42 bits per heavy atom. The van der Waals surface area contributed by atoms with Crippen molar-refractivity contribution in [2.75, 3.05) is 6.54 Å². The van der Waals surface area contributed by atoms with Crippen LogP contribution < -0.4 is 5.73 Å². The van der Waals surface area contributed by atoms with Crippen molar-refractivity contribution in [3.8, 4) is 0 Å². The van der Waals surface area contributed by atoms with Crippen LogP contribution in [0, 0.1) is 5.92 Å². The Kier molecular flexibility index (Phi) is 2.81. The SMILES string of the molecule is NC/C(F)=C1\CCC[C@H]1C(=O)O. The van der Waals surface area contributed by atoms with Crippen LogP contribution in [0.3, 0.4) is 0 Å². The van der Waals surface area contributed by atoms with Gasteiger partial charge in [0.15, 0.2) is 0 Å². The molecule has 1 aliphatic rings. The van der Waals surface area contributed by atoms with Gasteiger partial charge in [0.1, 0.15) is 5.83 Å². The highest BCUT2D eigenvalue weighted by Gasteiger charge is 2.29. The smallest absolute Gasteiger partial charge is 0.310 e. The van der Waals surface area contributed by atoms with Crippen LogP contribution in [0.2, 0.25) is 0 Å². The van der Waals surface area contributed by atoms with Crippen molar-refractivity contribution in [2.45, 2.75) is 19.3 Å². The molecule has 0 unspecified atom stereocenters. The first kappa shape index (κ1) is 9.19. The van der Waals surface area contributed by atoms with Gasteiger partial charge in [-0.15, -0.1) is 0 Å². The maximum atomic E-state index is 12.9. The molecule has 0 aromatic heterocycles. The van der Waals surface area contributed by atoms with E-state index in [1.807, 2.05) is 0 Å². The molecule has 1 atom stereocenters. The van der Waals surface area contributed by atoms with Crippen LogP contribution in [0.1, 0.15) is 19.3 Å². The molecule has 4 heteroatoms. The number of nitrogens with two attached hydrogens (primary N) is 1. The number of carboxylic acids is 1. The van der Waals surface area contributed by atoms with Crippen LogP contribution in [0.4, 0.5) is 4.39 Å². The molecular formula is C8H12FNO2. The summed E-state index contributed by atoms with van der Waals surface area (Å²) in [4.78, 5) is 10.6. The molecule has 3 nitrogen and oxygen atoms in total. The zero-order valence-corrected chi connectivity index (χ0v) is 6.72. The highest BCUT2D eigenvalue weighted by Crippen LogP contribution is 2.33. The Balaban J connectivity index is 2.83. The van der Waals surface area contributed by atoms with E-state index >= 15 is 0 Å². The fourth-order valence-electron chi connectivity index (χ4n) is 1.57. The molecular weight excluding hydrogens is 161 g/mol. The van der Waals surface area contributed by atoms with E-state index in [1.165, 1.54) is 0 Å². The summed E-state index contributed by atoms with van der Waals surface area (Å²) < 4.78 is 12.9. The van der Waals surface area contributed by atoms with Crippen LogP contribution >= 0.6 is 0 Å². The molecule has 0 saturated heterocycles. The van der Waals surface area contributed by atoms with Gasteiger partial charge in [-0.1, -0.05) is 0 Å². The Labute approximate surface area is 70.1 Å². The molecule has 68 valence electrons. The summed E-state index contributed by atoms with van der Waals surface area (Å²) in [5.74, 6) is -2.01. The van der Waals surface area contributed by atoms with Gasteiger partial charge < -0.3 is 10.8 Å². The van der Waals surface area contributed by atoms with Gasteiger partial charge in [0.25, 0.3) is 0 Å². The van der Waals surface area contributed by atoms with Gasteiger partial charge in [0.05, 0.1) is 5.92 Å². The Morgan fingerprint density at radius 3 is 2.92 bits per heavy atom. The maximum Gasteiger partial charge on any atom is 0.310 e. The quantitative estimate of drug-likeness (QED) is 0.656. The summed E-state index contributed by atoms with van der Waals surface area (Å²) in [5.41, 5.74) is 5.48. The van der Waals surface area contributed by atoms with Gasteiger partial charge in [0.2, 0.25) is 0 Å². The molecule has 0 heterocycles. The predicted octanol–water partition coefficient (Wildman–Crippen LogP) is 1.05. The van der Waals surface area contributed by atoms with Crippen LogP contribution in [0.15, 0.2) is 11.4 Å². The third-order valence-corrected chi connectivity index (χ3v) is 2.19. The second kappa shape index (κ2) is 3.67. The molecule has 1 aliphatic carbocycles. The molecule has 0 amide bonds. The Bertz CT molecular complexity index is 225. The number of aliphatic carboxylic acids is 1. The highest BCUT2D eigenvalue weighted by molar-refractivity contribution is 5.74. The number of halogens is 1. The molecule has 3 N–H and O–H groups in total. The molecule has 0 aliphatic heterocycles. The molecule has 0 spiro atoms. The number of carboxylic acid groups (broad SMARTS) is 1. The highest BCUT2D eigenvalue weighted by atomic mass is 19.1. The van der Waals surface area contributed by atoms with Gasteiger partial charge in [-0.05, 0) is 24.8 Å². The number of carbonyl (C=O) groups is 1. The van der Waals surface area contributed by atoms with Crippen molar-refractivity contribution < 1.29 is 14.3 Å². The van der Waals surface area contributed by atoms with Crippen molar-refractivity contribution in [1.29, 1.82) is 0 Å². The van der Waals surface area contributed by atoms with Gasteiger partial charge in [-0.3, -0.25) is 4.79 Å². The third kappa shape index (κ3) is 1.64. The summed E-state index contributed by atoms with van der Waals surface area (Å²) >= 11 is 0. The van der Waals surface area contributed by atoms with E-state index in [9.17, 15) is 9.18 Å². The standard InChI is InChI=1S/C8H12FNO2/c9-7(4-10)5-2-1-3-6(5)8(11)12/h6H,1-4,10H2,(H,11,12)/b7-5-/t6-/m1/s1. The fraction of sp³-hybridized carbons (Fsp3) is 0.625. The van der Waals surface area contributed by atoms with Crippen molar-refractivity contribution in [2.24, 2.45) is 11.7 Å². The maximum absolute atomic E-state index is 12.9. The van der Waals surface area contributed by atoms with Crippen LogP contribution in [-0.4, -0.2) is 17.6 Å². The first-order chi connectivity index (χ1) is 5.66. The van der Waals surface area contributed by atoms with E-state index in [0.29, 0.717) is 18.4 Å². The van der Waals surface area contributed by atoms with Crippen LogP contribution in [0.5, 0.6) is 0 Å². The summed E-state index contributed by atoms with van der Waals surface area (Å²) in [6.07, 6.45) is 1.83. The van der Waals surface area contributed by atoms with E-state index in [0.717, 1.165) is 6.42 Å². The number of hydrogen-bond acceptors (Lipinski definition) is 2. The Hall–Kier alpha value is -0.900. The lowest BCUT2D eigenvalue weighted by molar-refractivity contribution is -0.140. The minimum atomic E-state index is -0.939. The molecule has 0 aromatic carbocycles. The summed E-state index contributed by atoms with van der Waals surface area (Å²) in [7, 11) is 0. The summed E-state index contributed by atoms with van der Waals surface area (Å²) in [6.45, 7) is -0.181. The lowest BCUT2D eigenvalue weighted by atomic mass is 10.0. The van der Waals surface area contributed by atoms with E-state index < -0.39 is 17.7 Å². The zero-order chi connectivity index (χ0) is 9.14. The number of hydrogen-bond donors (Lipinski definition) is 2. The van der Waals surface area contributed by atoms with Crippen molar-refractivity contribution >= 4 is 5.97 Å². The lowest BCUT2D eigenvalue weighted by Gasteiger charge is -2.06. The minimum absolute atomic E-state index is 0.181. The summed E-state index contributed by atoms with van der Waals surface area (Å²) in [6, 6.07) is 0. The van der Waals surface area contributed by atoms with E-state index in [1.54, 1.807) is 0 Å². The molecule has 0 aromatic rings. The molecule has 1 fully saturated rings. The van der Waals surface area contributed by atoms with E-state index in [2.05, 4.69) is 0 Å². The monoisotopic (exact) mass is 173 g/mol. The number of rotatable bonds is 2. The first-order valence-corrected chi connectivity index (χ1v) is 3.97. The second-order valence-electron chi connectivity index (χ2n) is 2.92. The molecule has 1 saturated carbocycles. The van der Waals surface area contributed by atoms with Gasteiger partial charge in [0, 0.05) is 6.54 Å². The lowest BCUT2D eigenvalue weighted by Crippen LogP contribution is -2.14. The van der Waals surface area contributed by atoms with E-state index in [-0.39, 0.29) is 6.54 Å². The van der Waals surface area contributed by atoms with Crippen molar-refractivity contribution in [3.05, 3.63) is 11.4 Å². The topological polar surface area (TPSA) is 63.3 Å². The molecule has 0 bridgehead atoms. The average Bonchev–Trinajstić information content (AvgIpc) is 2.50. The van der Waals surface area contributed by atoms with Crippen LogP contribution in [0.25, 0.3) is 0 Å². The van der Waals surface area contributed by atoms with Gasteiger partial charge >= 0.3 is 5.97 Å².